The number of halogens is 2. The van der Waals surface area contributed by atoms with Crippen LogP contribution in [0.15, 0.2) is 65.1 Å². The van der Waals surface area contributed by atoms with E-state index in [1.165, 1.54) is 17.0 Å². The van der Waals surface area contributed by atoms with Gasteiger partial charge in [-0.05, 0) is 67.8 Å². The lowest BCUT2D eigenvalue weighted by atomic mass is 9.88. The second kappa shape index (κ2) is 9.12. The first-order valence-corrected chi connectivity index (χ1v) is 10.5. The van der Waals surface area contributed by atoms with Gasteiger partial charge >= 0.3 is 0 Å². The van der Waals surface area contributed by atoms with E-state index in [9.17, 15) is 14.3 Å². The molecule has 3 aromatic rings. The Kier molecular flexibility index (Phi) is 6.30. The molecule has 31 heavy (non-hydrogen) atoms. The number of amides is 1. The van der Waals surface area contributed by atoms with Gasteiger partial charge in [-0.3, -0.25) is 4.79 Å². The average molecular weight is 444 g/mol. The maximum atomic E-state index is 13.4. The van der Waals surface area contributed by atoms with Crippen LogP contribution in [-0.2, 0) is 0 Å². The topological polar surface area (TPSA) is 62.9 Å². The summed E-state index contributed by atoms with van der Waals surface area (Å²) < 4.78 is 25.0. The maximum absolute atomic E-state index is 13.4. The lowest BCUT2D eigenvalue weighted by Gasteiger charge is -2.39. The molecule has 1 aliphatic rings. The first-order chi connectivity index (χ1) is 14.9. The Bertz CT molecular complexity index is 1050. The smallest absolute Gasteiger partial charge is 0.289 e. The second-order valence-electron chi connectivity index (χ2n) is 7.69. The molecular weight excluding hydrogens is 421 g/mol. The first-order valence-electron chi connectivity index (χ1n) is 10.2. The predicted octanol–water partition coefficient (Wildman–Crippen LogP) is 5.17. The summed E-state index contributed by atoms with van der Waals surface area (Å²) in [5, 5.41) is 11.5. The van der Waals surface area contributed by atoms with Crippen molar-refractivity contribution in [2.24, 2.45) is 0 Å². The highest BCUT2D eigenvalue weighted by molar-refractivity contribution is 6.30. The second-order valence-corrected chi connectivity index (χ2v) is 8.13. The number of ether oxygens (including phenoxy) is 1. The van der Waals surface area contributed by atoms with E-state index in [1.807, 2.05) is 12.1 Å². The molecule has 0 bridgehead atoms. The van der Waals surface area contributed by atoms with Gasteiger partial charge in [-0.15, -0.1) is 0 Å². The van der Waals surface area contributed by atoms with E-state index in [1.54, 1.807) is 43.4 Å². The number of benzene rings is 2. The van der Waals surface area contributed by atoms with Crippen molar-refractivity contribution in [3.63, 3.8) is 0 Å². The standard InChI is InChI=1S/C24H23ClFNO4/c1-27(24(29)22-13-12-20(31-22)15-8-10-16(25)11-9-15)19-6-3-7-21(23(19)28)30-18-5-2-4-17(26)14-18/h2,4-5,8-14,19,21,23,28H,3,6-7H2,1H3/t19-,21-,23-/m1/s1. The van der Waals surface area contributed by atoms with Gasteiger partial charge in [0.05, 0.1) is 6.04 Å². The Morgan fingerprint density at radius 3 is 2.68 bits per heavy atom. The number of hydrogen-bond donors (Lipinski definition) is 1. The van der Waals surface area contributed by atoms with Gasteiger partial charge in [0, 0.05) is 23.7 Å². The van der Waals surface area contributed by atoms with Crippen LogP contribution in [0.4, 0.5) is 4.39 Å². The third kappa shape index (κ3) is 4.75. The normalized spacial score (nSPS) is 21.0. The van der Waals surface area contributed by atoms with Crippen LogP contribution in [0, 0.1) is 5.82 Å². The molecule has 1 aliphatic carbocycles. The molecule has 1 amide bonds. The molecular formula is C24H23ClFNO4. The molecule has 5 nitrogen and oxygen atoms in total. The van der Waals surface area contributed by atoms with Crippen molar-refractivity contribution >= 4 is 17.5 Å². The van der Waals surface area contributed by atoms with Crippen LogP contribution in [0.3, 0.4) is 0 Å². The van der Waals surface area contributed by atoms with Gasteiger partial charge in [0.25, 0.3) is 5.91 Å². The number of aliphatic hydroxyl groups is 1. The molecule has 162 valence electrons. The highest BCUT2D eigenvalue weighted by atomic mass is 35.5. The van der Waals surface area contributed by atoms with E-state index in [4.69, 9.17) is 20.8 Å². The van der Waals surface area contributed by atoms with E-state index in [-0.39, 0.29) is 11.7 Å². The Labute approximate surface area is 185 Å². The quantitative estimate of drug-likeness (QED) is 0.590. The van der Waals surface area contributed by atoms with E-state index in [2.05, 4.69) is 0 Å². The molecule has 2 aromatic carbocycles. The largest absolute Gasteiger partial charge is 0.488 e. The fraction of sp³-hybridized carbons (Fsp3) is 0.292. The summed E-state index contributed by atoms with van der Waals surface area (Å²) in [5.41, 5.74) is 0.812. The fourth-order valence-electron chi connectivity index (χ4n) is 3.93. The summed E-state index contributed by atoms with van der Waals surface area (Å²) in [7, 11) is 1.64. The fourth-order valence-corrected chi connectivity index (χ4v) is 4.06. The van der Waals surface area contributed by atoms with Gasteiger partial charge < -0.3 is 19.2 Å². The van der Waals surface area contributed by atoms with Crippen molar-refractivity contribution in [2.75, 3.05) is 7.05 Å². The molecule has 1 N–H and O–H groups in total. The lowest BCUT2D eigenvalue weighted by Crippen LogP contribution is -2.53. The molecule has 0 saturated heterocycles. The molecule has 0 spiro atoms. The molecule has 1 aromatic heterocycles. The van der Waals surface area contributed by atoms with Crippen LogP contribution in [0.1, 0.15) is 29.8 Å². The number of carbonyl (C=O) groups excluding carboxylic acids is 1. The van der Waals surface area contributed by atoms with Crippen LogP contribution in [0.5, 0.6) is 5.75 Å². The minimum atomic E-state index is -0.906. The van der Waals surface area contributed by atoms with Crippen LogP contribution in [-0.4, -0.2) is 41.2 Å². The van der Waals surface area contributed by atoms with E-state index in [0.717, 1.165) is 12.0 Å². The molecule has 0 radical (unpaired) electrons. The zero-order valence-electron chi connectivity index (χ0n) is 17.0. The molecule has 0 unspecified atom stereocenters. The molecule has 1 heterocycles. The number of furan rings is 1. The Morgan fingerprint density at radius 2 is 1.94 bits per heavy atom. The monoisotopic (exact) mass is 443 g/mol. The zero-order valence-corrected chi connectivity index (χ0v) is 17.8. The van der Waals surface area contributed by atoms with Crippen molar-refractivity contribution in [2.45, 2.75) is 37.5 Å². The van der Waals surface area contributed by atoms with Crippen LogP contribution >= 0.6 is 11.6 Å². The number of hydrogen-bond acceptors (Lipinski definition) is 4. The maximum Gasteiger partial charge on any atom is 0.289 e. The van der Waals surface area contributed by atoms with Gasteiger partial charge in [0.2, 0.25) is 0 Å². The van der Waals surface area contributed by atoms with Crippen molar-refractivity contribution in [3.05, 3.63) is 77.3 Å². The molecule has 4 rings (SSSR count). The Morgan fingerprint density at radius 1 is 1.16 bits per heavy atom. The first kappa shape index (κ1) is 21.4. The van der Waals surface area contributed by atoms with Crippen molar-refractivity contribution in [1.29, 1.82) is 0 Å². The summed E-state index contributed by atoms with van der Waals surface area (Å²) in [6.45, 7) is 0. The molecule has 0 aliphatic heterocycles. The van der Waals surface area contributed by atoms with E-state index < -0.39 is 24.1 Å². The van der Waals surface area contributed by atoms with Gasteiger partial charge in [-0.2, -0.15) is 0 Å². The summed E-state index contributed by atoms with van der Waals surface area (Å²) in [6, 6.07) is 15.9. The zero-order chi connectivity index (χ0) is 22.0. The van der Waals surface area contributed by atoms with Gasteiger partial charge in [-0.25, -0.2) is 4.39 Å². The SMILES string of the molecule is CN(C(=O)c1ccc(-c2ccc(Cl)cc2)o1)[C@@H]1CCC[C@@H](Oc2cccc(F)c2)[C@@H]1O. The van der Waals surface area contributed by atoms with Crippen LogP contribution in [0.25, 0.3) is 11.3 Å². The van der Waals surface area contributed by atoms with E-state index >= 15 is 0 Å². The summed E-state index contributed by atoms with van der Waals surface area (Å²) >= 11 is 5.92. The highest BCUT2D eigenvalue weighted by Gasteiger charge is 2.38. The summed E-state index contributed by atoms with van der Waals surface area (Å²) in [5.74, 6) is 0.381. The third-order valence-electron chi connectivity index (χ3n) is 5.61. The average Bonchev–Trinajstić information content (AvgIpc) is 3.25. The third-order valence-corrected chi connectivity index (χ3v) is 5.86. The summed E-state index contributed by atoms with van der Waals surface area (Å²) in [6.07, 6.45) is 0.594. The molecule has 7 heteroatoms. The van der Waals surface area contributed by atoms with Gasteiger partial charge in [-0.1, -0.05) is 17.7 Å². The Hall–Kier alpha value is -2.83. The van der Waals surface area contributed by atoms with Crippen molar-refractivity contribution < 1.29 is 23.4 Å². The van der Waals surface area contributed by atoms with Crippen LogP contribution < -0.4 is 4.74 Å². The highest BCUT2D eigenvalue weighted by Crippen LogP contribution is 2.29. The van der Waals surface area contributed by atoms with Gasteiger partial charge in [0.15, 0.2) is 5.76 Å². The molecule has 1 fully saturated rings. The van der Waals surface area contributed by atoms with Crippen molar-refractivity contribution in [3.8, 4) is 17.1 Å². The molecule has 1 saturated carbocycles. The number of likely N-dealkylation sites (N-methyl/N-ethyl adjacent to an activating group) is 1. The number of rotatable bonds is 5. The van der Waals surface area contributed by atoms with E-state index in [0.29, 0.717) is 29.4 Å². The number of carbonyl (C=O) groups is 1. The minimum Gasteiger partial charge on any atom is -0.488 e. The summed E-state index contributed by atoms with van der Waals surface area (Å²) in [4.78, 5) is 14.5. The van der Waals surface area contributed by atoms with Gasteiger partial charge in [0.1, 0.15) is 29.5 Å². The lowest BCUT2D eigenvalue weighted by molar-refractivity contribution is -0.0418. The Balaban J connectivity index is 1.46. The number of nitrogens with zero attached hydrogens (tertiary/aromatic N) is 1. The van der Waals surface area contributed by atoms with Crippen LogP contribution in [0.2, 0.25) is 5.02 Å². The van der Waals surface area contributed by atoms with Crippen molar-refractivity contribution in [1.82, 2.24) is 4.90 Å². The minimum absolute atomic E-state index is 0.188. The predicted molar refractivity (Wildman–Crippen MR) is 116 cm³/mol. The number of aliphatic hydroxyl groups excluding tert-OH is 1. The molecule has 3 atom stereocenters.